The molecule has 0 atom stereocenters. The summed E-state index contributed by atoms with van der Waals surface area (Å²) in [6.45, 7) is -0.127. The number of hydrogen-bond acceptors (Lipinski definition) is 5. The van der Waals surface area contributed by atoms with Crippen LogP contribution in [0.5, 0.6) is 5.75 Å². The summed E-state index contributed by atoms with van der Waals surface area (Å²) in [6, 6.07) is 14.1. The highest BCUT2D eigenvalue weighted by Crippen LogP contribution is 2.31. The molecule has 7 nitrogen and oxygen atoms in total. The van der Waals surface area contributed by atoms with Gasteiger partial charge in [-0.15, -0.1) is 0 Å². The largest absolute Gasteiger partial charge is 0.497 e. The van der Waals surface area contributed by atoms with Crippen LogP contribution in [-0.4, -0.2) is 26.2 Å². The van der Waals surface area contributed by atoms with Crippen LogP contribution in [0.1, 0.15) is 11.1 Å². The molecule has 0 radical (unpaired) electrons. The molecule has 0 saturated carbocycles. The Hall–Kier alpha value is -4.18. The van der Waals surface area contributed by atoms with Crippen molar-refractivity contribution in [3.63, 3.8) is 0 Å². The average molecular weight is 513 g/mol. The van der Waals surface area contributed by atoms with Crippen molar-refractivity contribution >= 4 is 33.5 Å². The molecule has 182 valence electrons. The summed E-state index contributed by atoms with van der Waals surface area (Å²) in [5.74, 6) is 0.588. The second-order valence-corrected chi connectivity index (χ2v) is 8.31. The molecule has 0 fully saturated rings. The first-order valence-corrected chi connectivity index (χ1v) is 11.0. The summed E-state index contributed by atoms with van der Waals surface area (Å²) in [6.07, 6.45) is -3.36. The first-order chi connectivity index (χ1) is 17.2. The zero-order chi connectivity index (χ0) is 25.6. The SMILES string of the molecule is COc1ccc(Cn2c(=O)c3cnc4ccc(Cl)nc4c3n(-c3cccc(C(F)(F)F)c3)c2=O)cc1. The standard InChI is InChI=1S/C25H16ClF3N4O3/c1-36-17-7-5-14(6-8-17)13-32-23(34)18-12-30-19-9-10-20(26)31-21(19)22(18)33(24(32)35)16-4-2-3-15(11-16)25(27,28)29/h2-12H,13H2,1H3. The van der Waals surface area contributed by atoms with Crippen LogP contribution >= 0.6 is 11.6 Å². The number of nitrogens with zero attached hydrogens (tertiary/aromatic N) is 4. The summed E-state index contributed by atoms with van der Waals surface area (Å²) >= 11 is 6.08. The molecule has 5 rings (SSSR count). The van der Waals surface area contributed by atoms with E-state index in [1.807, 2.05) is 0 Å². The summed E-state index contributed by atoms with van der Waals surface area (Å²) in [7, 11) is 1.51. The number of alkyl halides is 3. The lowest BCUT2D eigenvalue weighted by atomic mass is 10.1. The Morgan fingerprint density at radius 2 is 1.78 bits per heavy atom. The molecule has 3 aromatic heterocycles. The predicted octanol–water partition coefficient (Wildman–Crippen LogP) is 4.82. The molecule has 5 aromatic rings. The number of aromatic nitrogens is 4. The van der Waals surface area contributed by atoms with E-state index in [0.29, 0.717) is 16.8 Å². The number of halogens is 4. The Bertz CT molecular complexity index is 1750. The maximum Gasteiger partial charge on any atom is 0.416 e. The molecular weight excluding hydrogens is 497 g/mol. The fourth-order valence-corrected chi connectivity index (χ4v) is 4.12. The molecule has 36 heavy (non-hydrogen) atoms. The predicted molar refractivity (Wildman–Crippen MR) is 129 cm³/mol. The summed E-state index contributed by atoms with van der Waals surface area (Å²) < 4.78 is 47.6. The number of pyridine rings is 2. The summed E-state index contributed by atoms with van der Waals surface area (Å²) in [5.41, 5.74) is -1.47. The zero-order valence-corrected chi connectivity index (χ0v) is 19.3. The molecule has 0 aliphatic heterocycles. The van der Waals surface area contributed by atoms with Gasteiger partial charge >= 0.3 is 11.9 Å². The minimum absolute atomic E-state index is 0.00258. The van der Waals surface area contributed by atoms with Crippen LogP contribution in [0.4, 0.5) is 13.2 Å². The van der Waals surface area contributed by atoms with Gasteiger partial charge in [-0.1, -0.05) is 29.8 Å². The Balaban J connectivity index is 1.87. The molecule has 11 heteroatoms. The van der Waals surface area contributed by atoms with Crippen molar-refractivity contribution in [2.75, 3.05) is 7.11 Å². The molecule has 0 unspecified atom stereocenters. The van der Waals surface area contributed by atoms with Crippen molar-refractivity contribution in [2.24, 2.45) is 0 Å². The van der Waals surface area contributed by atoms with Gasteiger partial charge in [0.25, 0.3) is 5.56 Å². The lowest BCUT2D eigenvalue weighted by Gasteiger charge is -2.17. The van der Waals surface area contributed by atoms with Crippen molar-refractivity contribution in [2.45, 2.75) is 12.7 Å². The number of methoxy groups -OCH3 is 1. The van der Waals surface area contributed by atoms with E-state index in [4.69, 9.17) is 16.3 Å². The highest BCUT2D eigenvalue weighted by Gasteiger charge is 2.31. The van der Waals surface area contributed by atoms with Crippen LogP contribution in [0.2, 0.25) is 5.15 Å². The van der Waals surface area contributed by atoms with E-state index < -0.39 is 23.0 Å². The van der Waals surface area contributed by atoms with Crippen molar-refractivity contribution in [1.29, 1.82) is 0 Å². The van der Waals surface area contributed by atoms with E-state index in [1.54, 1.807) is 30.3 Å². The molecule has 0 bridgehead atoms. The second kappa shape index (κ2) is 8.80. The number of rotatable bonds is 4. The minimum atomic E-state index is -4.64. The molecule has 3 heterocycles. The van der Waals surface area contributed by atoms with Crippen molar-refractivity contribution in [3.05, 3.63) is 104 Å². The second-order valence-electron chi connectivity index (χ2n) is 7.93. The van der Waals surface area contributed by atoms with Crippen LogP contribution in [0.25, 0.3) is 27.6 Å². The molecule has 0 N–H and O–H groups in total. The molecule has 0 saturated heterocycles. The van der Waals surface area contributed by atoms with E-state index >= 15 is 0 Å². The highest BCUT2D eigenvalue weighted by atomic mass is 35.5. The van der Waals surface area contributed by atoms with E-state index in [9.17, 15) is 22.8 Å². The van der Waals surface area contributed by atoms with Crippen LogP contribution in [0.15, 0.2) is 76.4 Å². The fourth-order valence-electron chi connectivity index (χ4n) is 3.97. The van der Waals surface area contributed by atoms with E-state index in [-0.39, 0.29) is 33.8 Å². The van der Waals surface area contributed by atoms with Crippen molar-refractivity contribution in [1.82, 2.24) is 19.1 Å². The maximum absolute atomic E-state index is 13.8. The topological polar surface area (TPSA) is 79.0 Å². The minimum Gasteiger partial charge on any atom is -0.497 e. The number of benzene rings is 2. The molecule has 0 amide bonds. The van der Waals surface area contributed by atoms with Gasteiger partial charge in [-0.05, 0) is 48.0 Å². The van der Waals surface area contributed by atoms with Crippen molar-refractivity contribution < 1.29 is 17.9 Å². The lowest BCUT2D eigenvalue weighted by molar-refractivity contribution is -0.137. The molecule has 0 spiro atoms. The highest BCUT2D eigenvalue weighted by molar-refractivity contribution is 6.30. The van der Waals surface area contributed by atoms with Crippen LogP contribution < -0.4 is 16.0 Å². The Kier molecular flexibility index (Phi) is 5.76. The lowest BCUT2D eigenvalue weighted by Crippen LogP contribution is -2.40. The van der Waals surface area contributed by atoms with Gasteiger partial charge in [-0.25, -0.2) is 9.78 Å². The van der Waals surface area contributed by atoms with Gasteiger partial charge in [0.05, 0.1) is 41.3 Å². The molecule has 2 aromatic carbocycles. The molecular formula is C25H16ClF3N4O3. The first kappa shape index (κ1) is 23.6. The zero-order valence-electron chi connectivity index (χ0n) is 18.6. The van der Waals surface area contributed by atoms with Gasteiger partial charge in [0.15, 0.2) is 0 Å². The van der Waals surface area contributed by atoms with Gasteiger partial charge in [0.2, 0.25) is 0 Å². The van der Waals surface area contributed by atoms with Gasteiger partial charge in [0, 0.05) is 6.20 Å². The van der Waals surface area contributed by atoms with Gasteiger partial charge in [0.1, 0.15) is 16.4 Å². The maximum atomic E-state index is 13.8. The van der Waals surface area contributed by atoms with Crippen molar-refractivity contribution in [3.8, 4) is 11.4 Å². The fraction of sp³-hybridized carbons (Fsp3) is 0.120. The van der Waals surface area contributed by atoms with Gasteiger partial charge in [-0.3, -0.25) is 18.9 Å². The quantitative estimate of drug-likeness (QED) is 0.255. The van der Waals surface area contributed by atoms with E-state index in [0.717, 1.165) is 21.3 Å². The Labute approximate surface area is 206 Å². The third kappa shape index (κ3) is 4.09. The van der Waals surface area contributed by atoms with Crippen LogP contribution in [0, 0.1) is 0 Å². The van der Waals surface area contributed by atoms with Gasteiger partial charge in [-0.2, -0.15) is 13.2 Å². The monoisotopic (exact) mass is 512 g/mol. The Morgan fingerprint density at radius 1 is 1.03 bits per heavy atom. The number of fused-ring (bicyclic) bond motifs is 3. The normalized spacial score (nSPS) is 11.8. The number of ether oxygens (including phenoxy) is 1. The van der Waals surface area contributed by atoms with E-state index in [2.05, 4.69) is 9.97 Å². The summed E-state index contributed by atoms with van der Waals surface area (Å²) in [4.78, 5) is 35.7. The molecule has 0 aliphatic rings. The third-order valence-corrected chi connectivity index (χ3v) is 5.92. The van der Waals surface area contributed by atoms with E-state index in [1.165, 1.54) is 31.5 Å². The Morgan fingerprint density at radius 3 is 2.47 bits per heavy atom. The molecule has 0 aliphatic carbocycles. The average Bonchev–Trinajstić information content (AvgIpc) is 2.86. The number of hydrogen-bond donors (Lipinski definition) is 0. The third-order valence-electron chi connectivity index (χ3n) is 5.70. The summed E-state index contributed by atoms with van der Waals surface area (Å²) in [5, 5.41) is 0.0741. The van der Waals surface area contributed by atoms with Crippen LogP contribution in [0.3, 0.4) is 0 Å². The first-order valence-electron chi connectivity index (χ1n) is 10.6. The van der Waals surface area contributed by atoms with Gasteiger partial charge < -0.3 is 4.74 Å². The smallest absolute Gasteiger partial charge is 0.416 e. The van der Waals surface area contributed by atoms with Crippen LogP contribution in [-0.2, 0) is 12.7 Å².